The van der Waals surface area contributed by atoms with Crippen LogP contribution in [-0.4, -0.2) is 45.7 Å². The number of hydrogen-bond donors (Lipinski definition) is 0. The van der Waals surface area contributed by atoms with E-state index in [1.165, 1.54) is 11.8 Å². The molecule has 0 bridgehead atoms. The van der Waals surface area contributed by atoms with Crippen LogP contribution in [0.15, 0.2) is 58.4 Å². The van der Waals surface area contributed by atoms with Crippen LogP contribution in [0.1, 0.15) is 12.8 Å². The summed E-state index contributed by atoms with van der Waals surface area (Å²) < 4.78 is 11.6. The monoisotopic (exact) mass is 369 g/mol. The maximum absolute atomic E-state index is 12.4. The highest BCUT2D eigenvalue weighted by atomic mass is 32.2. The highest BCUT2D eigenvalue weighted by molar-refractivity contribution is 7.99. The van der Waals surface area contributed by atoms with E-state index in [0.29, 0.717) is 24.1 Å². The van der Waals surface area contributed by atoms with Gasteiger partial charge in [0.25, 0.3) is 5.22 Å². The molecule has 0 spiro atoms. The minimum absolute atomic E-state index is 0.111. The molecule has 3 heterocycles. The fourth-order valence-corrected chi connectivity index (χ4v) is 3.70. The Morgan fingerprint density at radius 2 is 1.96 bits per heavy atom. The fourth-order valence-electron chi connectivity index (χ4n) is 2.96. The Labute approximate surface area is 155 Å². The predicted octanol–water partition coefficient (Wildman–Crippen LogP) is 3.38. The molecule has 1 aliphatic rings. The van der Waals surface area contributed by atoms with E-state index in [-0.39, 0.29) is 12.0 Å². The molecule has 2 aromatic heterocycles. The van der Waals surface area contributed by atoms with Crippen molar-refractivity contribution in [1.82, 2.24) is 14.9 Å². The molecule has 1 saturated heterocycles. The SMILES string of the molecule is O=C(CSc1nc2ccccc2o1)N1CCC(Oc2ccncc2)CC1. The number of aromatic nitrogens is 2. The number of carbonyl (C=O) groups is 1. The van der Waals surface area contributed by atoms with Crippen LogP contribution >= 0.6 is 11.8 Å². The standard InChI is InChI=1S/C19H19N3O3S/c23-18(13-26-19-21-16-3-1-2-4-17(16)25-19)22-11-7-15(8-12-22)24-14-5-9-20-10-6-14/h1-6,9-10,15H,7-8,11-13H2. The maximum Gasteiger partial charge on any atom is 0.257 e. The summed E-state index contributed by atoms with van der Waals surface area (Å²) in [5.41, 5.74) is 1.56. The molecule has 1 aliphatic heterocycles. The number of ether oxygens (including phenoxy) is 1. The van der Waals surface area contributed by atoms with Crippen molar-refractivity contribution in [2.24, 2.45) is 0 Å². The summed E-state index contributed by atoms with van der Waals surface area (Å²) in [5.74, 6) is 1.28. The van der Waals surface area contributed by atoms with E-state index >= 15 is 0 Å². The zero-order valence-corrected chi connectivity index (χ0v) is 15.0. The first kappa shape index (κ1) is 16.9. The largest absolute Gasteiger partial charge is 0.490 e. The number of likely N-dealkylation sites (tertiary alicyclic amines) is 1. The van der Waals surface area contributed by atoms with Crippen molar-refractivity contribution in [2.45, 2.75) is 24.2 Å². The van der Waals surface area contributed by atoms with Crippen LogP contribution in [0, 0.1) is 0 Å². The van der Waals surface area contributed by atoms with Gasteiger partial charge in [0.15, 0.2) is 5.58 Å². The zero-order chi connectivity index (χ0) is 17.8. The molecule has 0 unspecified atom stereocenters. The molecule has 0 radical (unpaired) electrons. The molecule has 1 aromatic carbocycles. The van der Waals surface area contributed by atoms with E-state index in [1.54, 1.807) is 12.4 Å². The molecule has 26 heavy (non-hydrogen) atoms. The van der Waals surface area contributed by atoms with Crippen molar-refractivity contribution in [2.75, 3.05) is 18.8 Å². The zero-order valence-electron chi connectivity index (χ0n) is 14.2. The van der Waals surface area contributed by atoms with Gasteiger partial charge in [0, 0.05) is 38.3 Å². The molecule has 1 amide bonds. The smallest absolute Gasteiger partial charge is 0.257 e. The molecule has 6 nitrogen and oxygen atoms in total. The van der Waals surface area contributed by atoms with E-state index in [1.807, 2.05) is 41.3 Å². The van der Waals surface area contributed by atoms with Crippen LogP contribution < -0.4 is 4.74 Å². The maximum atomic E-state index is 12.4. The van der Waals surface area contributed by atoms with Crippen molar-refractivity contribution < 1.29 is 13.9 Å². The number of amides is 1. The van der Waals surface area contributed by atoms with Crippen LogP contribution in [0.5, 0.6) is 5.75 Å². The molecule has 0 saturated carbocycles. The second-order valence-electron chi connectivity index (χ2n) is 6.12. The Morgan fingerprint density at radius 1 is 1.19 bits per heavy atom. The summed E-state index contributed by atoms with van der Waals surface area (Å²) in [5, 5.41) is 0.537. The summed E-state index contributed by atoms with van der Waals surface area (Å²) >= 11 is 1.34. The number of piperidine rings is 1. The first-order valence-electron chi connectivity index (χ1n) is 8.61. The van der Waals surface area contributed by atoms with Crippen LogP contribution in [0.25, 0.3) is 11.1 Å². The number of rotatable bonds is 5. The van der Waals surface area contributed by atoms with Gasteiger partial charge in [-0.05, 0) is 24.3 Å². The summed E-state index contributed by atoms with van der Waals surface area (Å²) in [6.07, 6.45) is 5.25. The number of carbonyl (C=O) groups excluding carboxylic acids is 1. The molecule has 134 valence electrons. The molecule has 0 N–H and O–H groups in total. The lowest BCUT2D eigenvalue weighted by atomic mass is 10.1. The number of oxazole rings is 1. The Morgan fingerprint density at radius 3 is 2.73 bits per heavy atom. The lowest BCUT2D eigenvalue weighted by Gasteiger charge is -2.32. The van der Waals surface area contributed by atoms with Gasteiger partial charge in [-0.15, -0.1) is 0 Å². The third-order valence-corrected chi connectivity index (χ3v) is 5.15. The molecular formula is C19H19N3O3S. The summed E-state index contributed by atoms with van der Waals surface area (Å²) in [6, 6.07) is 11.3. The summed E-state index contributed by atoms with van der Waals surface area (Å²) in [4.78, 5) is 22.7. The van der Waals surface area contributed by atoms with Gasteiger partial charge in [-0.3, -0.25) is 9.78 Å². The van der Waals surface area contributed by atoms with Crippen molar-refractivity contribution >= 4 is 28.8 Å². The summed E-state index contributed by atoms with van der Waals surface area (Å²) in [7, 11) is 0. The van der Waals surface area contributed by atoms with Gasteiger partial charge >= 0.3 is 0 Å². The molecule has 3 aromatic rings. The third-order valence-electron chi connectivity index (χ3n) is 4.34. The average Bonchev–Trinajstić information content (AvgIpc) is 3.10. The first-order chi connectivity index (χ1) is 12.8. The lowest BCUT2D eigenvalue weighted by molar-refractivity contribution is -0.130. The van der Waals surface area contributed by atoms with Crippen LogP contribution in [0.2, 0.25) is 0 Å². The summed E-state index contributed by atoms with van der Waals surface area (Å²) in [6.45, 7) is 1.42. The van der Waals surface area contributed by atoms with Gasteiger partial charge in [-0.1, -0.05) is 23.9 Å². The second-order valence-corrected chi connectivity index (χ2v) is 7.04. The third kappa shape index (κ3) is 3.99. The van der Waals surface area contributed by atoms with E-state index < -0.39 is 0 Å². The number of nitrogens with zero attached hydrogens (tertiary/aromatic N) is 3. The molecule has 0 atom stereocenters. The van der Waals surface area contributed by atoms with Gasteiger partial charge in [0.05, 0.1) is 5.75 Å². The second kappa shape index (κ2) is 7.78. The minimum atomic E-state index is 0.111. The lowest BCUT2D eigenvalue weighted by Crippen LogP contribution is -2.42. The predicted molar refractivity (Wildman–Crippen MR) is 99.2 cm³/mol. The number of para-hydroxylation sites is 2. The van der Waals surface area contributed by atoms with Crippen molar-refractivity contribution in [3.8, 4) is 5.75 Å². The molecular weight excluding hydrogens is 350 g/mol. The first-order valence-corrected chi connectivity index (χ1v) is 9.59. The number of hydrogen-bond acceptors (Lipinski definition) is 6. The van der Waals surface area contributed by atoms with Gasteiger partial charge in [-0.2, -0.15) is 0 Å². The topological polar surface area (TPSA) is 68.5 Å². The van der Waals surface area contributed by atoms with Crippen molar-refractivity contribution in [1.29, 1.82) is 0 Å². The molecule has 0 aliphatic carbocycles. The van der Waals surface area contributed by atoms with Gasteiger partial charge in [0.1, 0.15) is 17.4 Å². The number of benzene rings is 1. The van der Waals surface area contributed by atoms with Crippen molar-refractivity contribution in [3.63, 3.8) is 0 Å². The Balaban J connectivity index is 1.25. The molecule has 1 fully saturated rings. The molecule has 4 rings (SSSR count). The Bertz CT molecular complexity index is 843. The van der Waals surface area contributed by atoms with Crippen LogP contribution in [0.4, 0.5) is 0 Å². The number of fused-ring (bicyclic) bond motifs is 1. The average molecular weight is 369 g/mol. The van der Waals surface area contributed by atoms with Gasteiger partial charge in [-0.25, -0.2) is 4.98 Å². The highest BCUT2D eigenvalue weighted by Crippen LogP contribution is 2.24. The fraction of sp³-hybridized carbons (Fsp3) is 0.316. The number of thioether (sulfide) groups is 1. The quantitative estimate of drug-likeness (QED) is 0.642. The van der Waals surface area contributed by atoms with Gasteiger partial charge in [0.2, 0.25) is 5.91 Å². The van der Waals surface area contributed by atoms with E-state index in [0.717, 1.165) is 29.7 Å². The Hall–Kier alpha value is -2.54. The Kier molecular flexibility index (Phi) is 5.06. The number of pyridine rings is 1. The minimum Gasteiger partial charge on any atom is -0.490 e. The highest BCUT2D eigenvalue weighted by Gasteiger charge is 2.24. The van der Waals surface area contributed by atoms with E-state index in [9.17, 15) is 4.79 Å². The van der Waals surface area contributed by atoms with E-state index in [2.05, 4.69) is 9.97 Å². The molecule has 7 heteroatoms. The van der Waals surface area contributed by atoms with Crippen LogP contribution in [-0.2, 0) is 4.79 Å². The van der Waals surface area contributed by atoms with Crippen molar-refractivity contribution in [3.05, 3.63) is 48.8 Å². The normalized spacial score (nSPS) is 15.3. The van der Waals surface area contributed by atoms with E-state index in [4.69, 9.17) is 9.15 Å². The van der Waals surface area contributed by atoms with Gasteiger partial charge < -0.3 is 14.1 Å². The van der Waals surface area contributed by atoms with Crippen LogP contribution in [0.3, 0.4) is 0 Å².